The Morgan fingerprint density at radius 2 is 1.69 bits per heavy atom. The van der Waals surface area contributed by atoms with Crippen molar-refractivity contribution in [2.75, 3.05) is 31.6 Å². The summed E-state index contributed by atoms with van der Waals surface area (Å²) in [6.45, 7) is 1.76. The predicted octanol–water partition coefficient (Wildman–Crippen LogP) is 4.42. The van der Waals surface area contributed by atoms with Crippen molar-refractivity contribution in [2.24, 2.45) is 5.92 Å². The molecular weight excluding hydrogens is 409 g/mol. The minimum Gasteiger partial charge on any atom is -0.484 e. The first-order valence-electron chi connectivity index (χ1n) is 10.8. The van der Waals surface area contributed by atoms with E-state index in [0.29, 0.717) is 37.0 Å². The van der Waals surface area contributed by atoms with Crippen LogP contribution in [0.1, 0.15) is 12.8 Å². The molecule has 1 aliphatic heterocycles. The maximum absolute atomic E-state index is 13.0. The van der Waals surface area contributed by atoms with Crippen molar-refractivity contribution in [2.45, 2.75) is 12.8 Å². The summed E-state index contributed by atoms with van der Waals surface area (Å²) in [6.07, 6.45) is 1.62. The van der Waals surface area contributed by atoms with E-state index >= 15 is 0 Å². The Morgan fingerprint density at radius 1 is 0.969 bits per heavy atom. The van der Waals surface area contributed by atoms with Crippen LogP contribution in [-0.2, 0) is 4.79 Å². The fourth-order valence-corrected chi connectivity index (χ4v) is 3.79. The number of likely N-dealkylation sites (tertiary alicyclic amines) is 1. The van der Waals surface area contributed by atoms with Crippen LogP contribution in [0.2, 0.25) is 0 Å². The molecule has 0 radical (unpaired) electrons. The van der Waals surface area contributed by atoms with Gasteiger partial charge in [0.25, 0.3) is 5.91 Å². The zero-order valence-electron chi connectivity index (χ0n) is 17.7. The predicted molar refractivity (Wildman–Crippen MR) is 122 cm³/mol. The second-order valence-electron chi connectivity index (χ2n) is 7.97. The second kappa shape index (κ2) is 10.1. The summed E-state index contributed by atoms with van der Waals surface area (Å²) in [7, 11) is 0. The van der Waals surface area contributed by atoms with Crippen LogP contribution >= 0.6 is 0 Å². The average molecular weight is 435 g/mol. The third-order valence-electron chi connectivity index (χ3n) is 5.68. The van der Waals surface area contributed by atoms with Crippen LogP contribution in [0, 0.1) is 11.7 Å². The molecule has 166 valence electrons. The van der Waals surface area contributed by atoms with Crippen molar-refractivity contribution in [3.63, 3.8) is 0 Å². The summed E-state index contributed by atoms with van der Waals surface area (Å²) in [6, 6.07) is 19.3. The molecule has 0 aliphatic carbocycles. The number of carbonyl (C=O) groups is 2. The molecule has 1 fully saturated rings. The van der Waals surface area contributed by atoms with Crippen molar-refractivity contribution < 1.29 is 18.7 Å². The standard InChI is InChI=1S/C25H26FN3O3/c26-21-6-8-22(9-7-21)28-25(31)29-13-11-18(12-14-29)16-27-24(30)17-32-23-10-5-19-3-1-2-4-20(19)15-23/h1-10,15,18H,11-14,16-17H2,(H,27,30)(H,28,31). The van der Waals surface area contributed by atoms with E-state index in [1.807, 2.05) is 42.5 Å². The smallest absolute Gasteiger partial charge is 0.321 e. The summed E-state index contributed by atoms with van der Waals surface area (Å²) < 4.78 is 18.6. The molecule has 0 saturated carbocycles. The third kappa shape index (κ3) is 5.75. The number of rotatable bonds is 6. The Bertz CT molecular complexity index is 1080. The summed E-state index contributed by atoms with van der Waals surface area (Å²) >= 11 is 0. The lowest BCUT2D eigenvalue weighted by atomic mass is 9.97. The van der Waals surface area contributed by atoms with E-state index < -0.39 is 0 Å². The van der Waals surface area contributed by atoms with E-state index in [-0.39, 0.29) is 24.4 Å². The Hall–Kier alpha value is -3.61. The van der Waals surface area contributed by atoms with Gasteiger partial charge < -0.3 is 20.3 Å². The third-order valence-corrected chi connectivity index (χ3v) is 5.68. The Morgan fingerprint density at radius 3 is 2.44 bits per heavy atom. The highest BCUT2D eigenvalue weighted by Gasteiger charge is 2.23. The van der Waals surface area contributed by atoms with Crippen LogP contribution < -0.4 is 15.4 Å². The molecule has 1 aliphatic rings. The number of halogens is 1. The fraction of sp³-hybridized carbons (Fsp3) is 0.280. The number of nitrogens with one attached hydrogen (secondary N) is 2. The molecule has 0 atom stereocenters. The SMILES string of the molecule is O=C(COc1ccc2ccccc2c1)NCC1CCN(C(=O)Nc2ccc(F)cc2)CC1. The molecule has 3 amide bonds. The van der Waals surface area contributed by atoms with Crippen molar-refractivity contribution in [1.29, 1.82) is 0 Å². The van der Waals surface area contributed by atoms with Gasteiger partial charge in [0.05, 0.1) is 0 Å². The first kappa shape index (κ1) is 21.6. The van der Waals surface area contributed by atoms with E-state index in [0.717, 1.165) is 23.6 Å². The fourth-order valence-electron chi connectivity index (χ4n) is 3.79. The normalized spacial score (nSPS) is 14.2. The molecule has 1 heterocycles. The van der Waals surface area contributed by atoms with Crippen molar-refractivity contribution in [3.8, 4) is 5.75 Å². The van der Waals surface area contributed by atoms with Crippen LogP contribution in [0.5, 0.6) is 5.75 Å². The molecule has 6 nitrogen and oxygen atoms in total. The second-order valence-corrected chi connectivity index (χ2v) is 7.97. The number of hydrogen-bond donors (Lipinski definition) is 2. The first-order chi connectivity index (χ1) is 15.6. The van der Waals surface area contributed by atoms with Gasteiger partial charge in [-0.1, -0.05) is 30.3 Å². The van der Waals surface area contributed by atoms with Gasteiger partial charge in [-0.15, -0.1) is 0 Å². The maximum atomic E-state index is 13.0. The highest BCUT2D eigenvalue weighted by molar-refractivity contribution is 5.89. The number of piperidine rings is 1. The number of amides is 3. The van der Waals surface area contributed by atoms with Gasteiger partial charge in [0.1, 0.15) is 11.6 Å². The minimum atomic E-state index is -0.339. The van der Waals surface area contributed by atoms with Crippen LogP contribution in [0.4, 0.5) is 14.9 Å². The lowest BCUT2D eigenvalue weighted by molar-refractivity contribution is -0.123. The van der Waals surface area contributed by atoms with Gasteiger partial charge in [-0.25, -0.2) is 9.18 Å². The van der Waals surface area contributed by atoms with Crippen LogP contribution in [-0.4, -0.2) is 43.1 Å². The van der Waals surface area contributed by atoms with E-state index in [1.54, 1.807) is 4.90 Å². The van der Waals surface area contributed by atoms with Crippen molar-refractivity contribution >= 4 is 28.4 Å². The van der Waals surface area contributed by atoms with E-state index in [9.17, 15) is 14.0 Å². The molecule has 0 spiro atoms. The van der Waals surface area contributed by atoms with E-state index in [4.69, 9.17) is 4.74 Å². The summed E-state index contributed by atoms with van der Waals surface area (Å²) in [4.78, 5) is 26.3. The van der Waals surface area contributed by atoms with Gasteiger partial charge in [-0.05, 0) is 65.9 Å². The van der Waals surface area contributed by atoms with Crippen LogP contribution in [0.3, 0.4) is 0 Å². The van der Waals surface area contributed by atoms with Gasteiger partial charge >= 0.3 is 6.03 Å². The van der Waals surface area contributed by atoms with Gasteiger partial charge in [-0.2, -0.15) is 0 Å². The molecular formula is C25H26FN3O3. The largest absolute Gasteiger partial charge is 0.484 e. The molecule has 4 rings (SSSR count). The molecule has 0 unspecified atom stereocenters. The molecule has 32 heavy (non-hydrogen) atoms. The van der Waals surface area contributed by atoms with Gasteiger partial charge in [-0.3, -0.25) is 4.79 Å². The van der Waals surface area contributed by atoms with Gasteiger partial charge in [0.15, 0.2) is 6.61 Å². The molecule has 0 aromatic heterocycles. The number of benzene rings is 3. The van der Waals surface area contributed by atoms with Crippen LogP contribution in [0.15, 0.2) is 66.7 Å². The van der Waals surface area contributed by atoms with Gasteiger partial charge in [0, 0.05) is 25.3 Å². The maximum Gasteiger partial charge on any atom is 0.321 e. The number of fused-ring (bicyclic) bond motifs is 1. The van der Waals surface area contributed by atoms with Crippen molar-refractivity contribution in [1.82, 2.24) is 10.2 Å². The molecule has 3 aromatic rings. The summed E-state index contributed by atoms with van der Waals surface area (Å²) in [5.41, 5.74) is 0.567. The zero-order valence-corrected chi connectivity index (χ0v) is 17.7. The lowest BCUT2D eigenvalue weighted by Crippen LogP contribution is -2.43. The number of ether oxygens (including phenoxy) is 1. The Kier molecular flexibility index (Phi) is 6.84. The Balaban J connectivity index is 1.16. The monoisotopic (exact) mass is 435 g/mol. The molecule has 0 bridgehead atoms. The molecule has 3 aromatic carbocycles. The number of urea groups is 1. The Labute approximate surface area is 186 Å². The summed E-state index contributed by atoms with van der Waals surface area (Å²) in [5, 5.41) is 7.91. The highest BCUT2D eigenvalue weighted by Crippen LogP contribution is 2.21. The average Bonchev–Trinajstić information content (AvgIpc) is 2.83. The van der Waals surface area contributed by atoms with Crippen LogP contribution in [0.25, 0.3) is 10.8 Å². The number of hydrogen-bond acceptors (Lipinski definition) is 3. The number of nitrogens with zero attached hydrogens (tertiary/aromatic N) is 1. The molecule has 1 saturated heterocycles. The summed E-state index contributed by atoms with van der Waals surface area (Å²) in [5.74, 6) is 0.483. The molecule has 2 N–H and O–H groups in total. The first-order valence-corrected chi connectivity index (χ1v) is 10.8. The van der Waals surface area contributed by atoms with Crippen molar-refractivity contribution in [3.05, 3.63) is 72.5 Å². The highest BCUT2D eigenvalue weighted by atomic mass is 19.1. The zero-order chi connectivity index (χ0) is 22.3. The topological polar surface area (TPSA) is 70.7 Å². The number of anilines is 1. The van der Waals surface area contributed by atoms with Gasteiger partial charge in [0.2, 0.25) is 0 Å². The van der Waals surface area contributed by atoms with E-state index in [2.05, 4.69) is 10.6 Å². The molecule has 7 heteroatoms. The number of carbonyl (C=O) groups excluding carboxylic acids is 2. The lowest BCUT2D eigenvalue weighted by Gasteiger charge is -2.32. The minimum absolute atomic E-state index is 0.0305. The quantitative estimate of drug-likeness (QED) is 0.602. The van der Waals surface area contributed by atoms with E-state index in [1.165, 1.54) is 24.3 Å².